The Morgan fingerprint density at radius 3 is 2.67 bits per heavy atom. The number of ketones is 1. The maximum absolute atomic E-state index is 11.3. The van der Waals surface area contributed by atoms with E-state index in [1.54, 1.807) is 24.3 Å². The zero-order valence-electron chi connectivity index (χ0n) is 9.87. The van der Waals surface area contributed by atoms with Crippen molar-refractivity contribution in [3.8, 4) is 5.75 Å². The van der Waals surface area contributed by atoms with Gasteiger partial charge in [0, 0.05) is 5.56 Å². The standard InChI is InChI=1S/C12H14O5S/c1-8(13)9-3-2-4-10(5-9)17-12-7-18(15,16)6-11(12)14/h2-5,11-12,14H,6-7H2,1H3. The van der Waals surface area contributed by atoms with Gasteiger partial charge < -0.3 is 9.84 Å². The highest BCUT2D eigenvalue weighted by atomic mass is 32.2. The van der Waals surface area contributed by atoms with Gasteiger partial charge in [0.05, 0.1) is 11.5 Å². The molecule has 6 heteroatoms. The van der Waals surface area contributed by atoms with Gasteiger partial charge in [-0.1, -0.05) is 12.1 Å². The summed E-state index contributed by atoms with van der Waals surface area (Å²) in [6, 6.07) is 6.48. The molecule has 18 heavy (non-hydrogen) atoms. The van der Waals surface area contributed by atoms with Crippen molar-refractivity contribution in [1.82, 2.24) is 0 Å². The van der Waals surface area contributed by atoms with Gasteiger partial charge in [-0.3, -0.25) is 4.79 Å². The molecule has 1 fully saturated rings. The van der Waals surface area contributed by atoms with E-state index in [1.165, 1.54) is 6.92 Å². The Morgan fingerprint density at radius 2 is 2.11 bits per heavy atom. The molecule has 5 nitrogen and oxygen atoms in total. The quantitative estimate of drug-likeness (QED) is 0.805. The van der Waals surface area contributed by atoms with Gasteiger partial charge >= 0.3 is 0 Å². The van der Waals surface area contributed by atoms with E-state index in [0.29, 0.717) is 11.3 Å². The average molecular weight is 270 g/mol. The van der Waals surface area contributed by atoms with Gasteiger partial charge in [0.1, 0.15) is 18.0 Å². The lowest BCUT2D eigenvalue weighted by atomic mass is 10.1. The molecule has 0 bridgehead atoms. The van der Waals surface area contributed by atoms with Crippen molar-refractivity contribution in [2.24, 2.45) is 0 Å². The summed E-state index contributed by atoms with van der Waals surface area (Å²) in [5, 5.41) is 9.59. The molecule has 0 saturated carbocycles. The van der Waals surface area contributed by atoms with E-state index in [2.05, 4.69) is 0 Å². The third-order valence-corrected chi connectivity index (χ3v) is 4.49. The first-order chi connectivity index (χ1) is 8.37. The summed E-state index contributed by atoms with van der Waals surface area (Å²) in [5.74, 6) is -0.174. The number of ether oxygens (including phenoxy) is 1. The zero-order chi connectivity index (χ0) is 13.3. The number of sulfone groups is 1. The molecular weight excluding hydrogens is 256 g/mol. The van der Waals surface area contributed by atoms with Crippen LogP contribution in [0, 0.1) is 0 Å². The van der Waals surface area contributed by atoms with E-state index in [0.717, 1.165) is 0 Å². The third-order valence-electron chi connectivity index (χ3n) is 2.80. The summed E-state index contributed by atoms with van der Waals surface area (Å²) < 4.78 is 28.1. The summed E-state index contributed by atoms with van der Waals surface area (Å²) in [5.41, 5.74) is 0.489. The number of carbonyl (C=O) groups excluding carboxylic acids is 1. The zero-order valence-corrected chi connectivity index (χ0v) is 10.7. The molecule has 1 aromatic rings. The minimum Gasteiger partial charge on any atom is -0.487 e. The van der Waals surface area contributed by atoms with Gasteiger partial charge in [-0.05, 0) is 19.1 Å². The van der Waals surface area contributed by atoms with Crippen LogP contribution in [0.25, 0.3) is 0 Å². The normalized spacial score (nSPS) is 25.9. The second-order valence-corrected chi connectivity index (χ2v) is 6.54. The van der Waals surface area contributed by atoms with Crippen molar-refractivity contribution in [1.29, 1.82) is 0 Å². The van der Waals surface area contributed by atoms with Crippen LogP contribution in [0.3, 0.4) is 0 Å². The van der Waals surface area contributed by atoms with E-state index >= 15 is 0 Å². The summed E-state index contributed by atoms with van der Waals surface area (Å²) >= 11 is 0. The lowest BCUT2D eigenvalue weighted by molar-refractivity contribution is 0.0737. The second-order valence-electron chi connectivity index (χ2n) is 4.38. The molecule has 0 spiro atoms. The van der Waals surface area contributed by atoms with Crippen LogP contribution in [0.15, 0.2) is 24.3 Å². The molecule has 1 aliphatic rings. The maximum Gasteiger partial charge on any atom is 0.159 e. The van der Waals surface area contributed by atoms with Crippen molar-refractivity contribution in [3.63, 3.8) is 0 Å². The number of hydrogen-bond donors (Lipinski definition) is 1. The van der Waals surface area contributed by atoms with Gasteiger partial charge in [-0.2, -0.15) is 0 Å². The monoisotopic (exact) mass is 270 g/mol. The van der Waals surface area contributed by atoms with Gasteiger partial charge in [-0.15, -0.1) is 0 Å². The van der Waals surface area contributed by atoms with Crippen molar-refractivity contribution in [2.75, 3.05) is 11.5 Å². The van der Waals surface area contributed by atoms with Crippen LogP contribution in [0.4, 0.5) is 0 Å². The maximum atomic E-state index is 11.3. The molecule has 1 aliphatic heterocycles. The van der Waals surface area contributed by atoms with Crippen LogP contribution >= 0.6 is 0 Å². The first-order valence-corrected chi connectivity index (χ1v) is 7.36. The topological polar surface area (TPSA) is 80.7 Å². The molecule has 0 radical (unpaired) electrons. The number of carbonyl (C=O) groups is 1. The van der Waals surface area contributed by atoms with E-state index in [-0.39, 0.29) is 17.3 Å². The molecule has 1 heterocycles. The molecule has 1 N–H and O–H groups in total. The molecule has 1 aromatic carbocycles. The van der Waals surface area contributed by atoms with Crippen molar-refractivity contribution in [2.45, 2.75) is 19.1 Å². The van der Waals surface area contributed by atoms with Gasteiger partial charge in [0.2, 0.25) is 0 Å². The lowest BCUT2D eigenvalue weighted by Gasteiger charge is -2.15. The molecule has 2 rings (SSSR count). The number of benzene rings is 1. The fourth-order valence-corrected chi connectivity index (χ4v) is 3.53. The second kappa shape index (κ2) is 4.70. The van der Waals surface area contributed by atoms with Crippen LogP contribution in [0.1, 0.15) is 17.3 Å². The van der Waals surface area contributed by atoms with Crippen LogP contribution in [0.2, 0.25) is 0 Å². The largest absolute Gasteiger partial charge is 0.487 e. The Balaban J connectivity index is 2.15. The number of rotatable bonds is 3. The van der Waals surface area contributed by atoms with Gasteiger partial charge in [0.25, 0.3) is 0 Å². The minimum absolute atomic E-state index is 0.0972. The van der Waals surface area contributed by atoms with E-state index in [1.807, 2.05) is 0 Å². The predicted molar refractivity (Wildman–Crippen MR) is 65.5 cm³/mol. The molecular formula is C12H14O5S. The minimum atomic E-state index is -3.23. The number of aliphatic hydroxyl groups is 1. The van der Waals surface area contributed by atoms with E-state index in [4.69, 9.17) is 4.74 Å². The summed E-state index contributed by atoms with van der Waals surface area (Å²) in [6.07, 6.45) is -1.78. The van der Waals surface area contributed by atoms with Crippen LogP contribution in [-0.2, 0) is 9.84 Å². The molecule has 98 valence electrons. The number of Topliss-reactive ketones (excluding diaryl/α,β-unsaturated/α-hetero) is 1. The summed E-state index contributed by atoms with van der Waals surface area (Å²) in [4.78, 5) is 11.2. The molecule has 2 unspecified atom stereocenters. The Labute approximate surface area is 105 Å². The van der Waals surface area contributed by atoms with Crippen molar-refractivity contribution in [3.05, 3.63) is 29.8 Å². The van der Waals surface area contributed by atoms with Crippen molar-refractivity contribution >= 4 is 15.6 Å². The van der Waals surface area contributed by atoms with E-state index < -0.39 is 22.0 Å². The highest BCUT2D eigenvalue weighted by Gasteiger charge is 2.38. The first kappa shape index (κ1) is 13.0. The Kier molecular flexibility index (Phi) is 3.41. The Hall–Kier alpha value is -1.40. The van der Waals surface area contributed by atoms with Gasteiger partial charge in [-0.25, -0.2) is 8.42 Å². The number of aliphatic hydroxyl groups excluding tert-OH is 1. The fraction of sp³-hybridized carbons (Fsp3) is 0.417. The van der Waals surface area contributed by atoms with Crippen molar-refractivity contribution < 1.29 is 23.1 Å². The highest BCUT2D eigenvalue weighted by Crippen LogP contribution is 2.21. The van der Waals surface area contributed by atoms with Crippen LogP contribution in [0.5, 0.6) is 5.75 Å². The van der Waals surface area contributed by atoms with Gasteiger partial charge in [0.15, 0.2) is 15.6 Å². The third kappa shape index (κ3) is 2.88. The fourth-order valence-electron chi connectivity index (χ4n) is 1.87. The van der Waals surface area contributed by atoms with Crippen LogP contribution < -0.4 is 4.74 Å². The molecule has 0 amide bonds. The molecule has 1 saturated heterocycles. The molecule has 0 aliphatic carbocycles. The first-order valence-electron chi connectivity index (χ1n) is 5.53. The molecule has 0 aromatic heterocycles. The SMILES string of the molecule is CC(=O)c1cccc(OC2CS(=O)(=O)CC2O)c1. The smallest absolute Gasteiger partial charge is 0.159 e. The van der Waals surface area contributed by atoms with Crippen LogP contribution in [-0.4, -0.2) is 43.0 Å². The lowest BCUT2D eigenvalue weighted by Crippen LogP contribution is -2.29. The average Bonchev–Trinajstić information content (AvgIpc) is 2.52. The Bertz CT molecular complexity index is 564. The van der Waals surface area contributed by atoms with E-state index in [9.17, 15) is 18.3 Å². The summed E-state index contributed by atoms with van der Waals surface area (Å²) in [6.45, 7) is 1.44. The summed E-state index contributed by atoms with van der Waals surface area (Å²) in [7, 11) is -3.23. The number of hydrogen-bond acceptors (Lipinski definition) is 5. The molecule has 2 atom stereocenters. The highest BCUT2D eigenvalue weighted by molar-refractivity contribution is 7.91. The predicted octanol–water partition coefficient (Wildman–Crippen LogP) is 0.426. The Morgan fingerprint density at radius 1 is 1.39 bits per heavy atom.